The van der Waals surface area contributed by atoms with Crippen LogP contribution in [0.15, 0.2) is 48.8 Å². The Morgan fingerprint density at radius 2 is 1.87 bits per heavy atom. The predicted octanol–water partition coefficient (Wildman–Crippen LogP) is 3.61. The summed E-state index contributed by atoms with van der Waals surface area (Å²) in [5.74, 6) is -0.597. The van der Waals surface area contributed by atoms with Gasteiger partial charge in [0, 0.05) is 40.9 Å². The minimum atomic E-state index is -0.501. The van der Waals surface area contributed by atoms with Gasteiger partial charge in [-0.3, -0.25) is 14.6 Å². The third-order valence-electron chi connectivity index (χ3n) is 7.80. The van der Waals surface area contributed by atoms with Crippen LogP contribution in [0.25, 0.3) is 28.0 Å². The first-order valence-corrected chi connectivity index (χ1v) is 12.7. The fourth-order valence-corrected chi connectivity index (χ4v) is 6.15. The van der Waals surface area contributed by atoms with Crippen LogP contribution in [0.3, 0.4) is 0 Å². The summed E-state index contributed by atoms with van der Waals surface area (Å²) in [6.07, 6.45) is 6.37. The average molecular weight is 515 g/mol. The molecule has 6 rings (SSSR count). The van der Waals surface area contributed by atoms with Crippen molar-refractivity contribution in [1.29, 1.82) is 0 Å². The first-order chi connectivity index (χ1) is 18.4. The lowest BCUT2D eigenvalue weighted by Crippen LogP contribution is -2.47. The van der Waals surface area contributed by atoms with Crippen molar-refractivity contribution in [2.24, 2.45) is 0 Å². The minimum Gasteiger partial charge on any atom is -0.387 e. The van der Waals surface area contributed by atoms with Crippen molar-refractivity contribution >= 4 is 23.2 Å². The van der Waals surface area contributed by atoms with Gasteiger partial charge in [0.05, 0.1) is 23.1 Å². The molecule has 194 valence electrons. The molecule has 3 N–H and O–H groups in total. The largest absolute Gasteiger partial charge is 0.387 e. The SMILES string of the molecule is CC(=O)c1c(C2CC3CCC(C2)N3C(=O)CO)nc2c(-c3ccc(-c4cccc(F)c4)nc3)cnn2c1N. The van der Waals surface area contributed by atoms with Crippen LogP contribution in [0.2, 0.25) is 0 Å². The minimum absolute atomic E-state index is 0.00130. The molecule has 9 nitrogen and oxygen atoms in total. The second-order valence-corrected chi connectivity index (χ2v) is 10.1. The van der Waals surface area contributed by atoms with Crippen LogP contribution >= 0.6 is 0 Å². The lowest BCUT2D eigenvalue weighted by Gasteiger charge is -2.39. The summed E-state index contributed by atoms with van der Waals surface area (Å²) >= 11 is 0. The second-order valence-electron chi connectivity index (χ2n) is 10.1. The molecule has 0 spiro atoms. The molecule has 2 aliphatic rings. The molecule has 2 bridgehead atoms. The summed E-state index contributed by atoms with van der Waals surface area (Å²) in [5, 5.41) is 13.8. The topological polar surface area (TPSA) is 127 Å². The molecule has 3 aromatic heterocycles. The molecule has 5 heterocycles. The quantitative estimate of drug-likeness (QED) is 0.390. The van der Waals surface area contributed by atoms with Crippen molar-refractivity contribution < 1.29 is 19.1 Å². The molecule has 2 aliphatic heterocycles. The molecule has 2 fully saturated rings. The van der Waals surface area contributed by atoms with Crippen molar-refractivity contribution in [3.05, 3.63) is 65.9 Å². The number of benzene rings is 1. The highest BCUT2D eigenvalue weighted by atomic mass is 19.1. The number of piperidine rings is 1. The summed E-state index contributed by atoms with van der Waals surface area (Å²) in [6.45, 7) is 0.972. The lowest BCUT2D eigenvalue weighted by molar-refractivity contribution is -0.138. The maximum absolute atomic E-state index is 13.7. The number of aliphatic hydroxyl groups is 1. The highest BCUT2D eigenvalue weighted by molar-refractivity contribution is 6.00. The summed E-state index contributed by atoms with van der Waals surface area (Å²) in [7, 11) is 0. The average Bonchev–Trinajstić information content (AvgIpc) is 3.46. The van der Waals surface area contributed by atoms with Gasteiger partial charge in [-0.15, -0.1) is 0 Å². The van der Waals surface area contributed by atoms with Gasteiger partial charge in [0.25, 0.3) is 0 Å². The van der Waals surface area contributed by atoms with Crippen molar-refractivity contribution in [1.82, 2.24) is 24.5 Å². The van der Waals surface area contributed by atoms with E-state index in [9.17, 15) is 19.1 Å². The van der Waals surface area contributed by atoms with Gasteiger partial charge >= 0.3 is 0 Å². The third kappa shape index (κ3) is 3.92. The molecule has 4 aromatic rings. The van der Waals surface area contributed by atoms with Gasteiger partial charge < -0.3 is 15.7 Å². The number of amides is 1. The molecule has 1 aromatic carbocycles. The van der Waals surface area contributed by atoms with E-state index in [1.165, 1.54) is 23.6 Å². The first kappa shape index (κ1) is 24.2. The molecule has 10 heteroatoms. The molecular formula is C28H27FN6O3. The van der Waals surface area contributed by atoms with Crippen molar-refractivity contribution in [3.63, 3.8) is 0 Å². The van der Waals surface area contributed by atoms with E-state index in [0.29, 0.717) is 46.6 Å². The number of carbonyl (C=O) groups is 2. The van der Waals surface area contributed by atoms with E-state index in [0.717, 1.165) is 18.4 Å². The van der Waals surface area contributed by atoms with Crippen LogP contribution in [-0.2, 0) is 4.79 Å². The molecule has 1 amide bonds. The smallest absolute Gasteiger partial charge is 0.248 e. The Labute approximate surface area is 218 Å². The van der Waals surface area contributed by atoms with Crippen molar-refractivity contribution in [2.45, 2.75) is 50.6 Å². The van der Waals surface area contributed by atoms with E-state index in [2.05, 4.69) is 10.1 Å². The number of rotatable bonds is 5. The standard InChI is InChI=1S/C28H27FN6O3/c1-15(37)25-26(18-10-20-6-7-21(11-18)34(20)24(38)14-36)33-28-22(13-32-35(28)27(25)30)17-5-8-23(31-12-17)16-3-2-4-19(29)9-16/h2-5,8-9,12-13,18,20-21,36H,6-7,10-11,14,30H2,1H3. The Bertz CT molecular complexity index is 1550. The number of carbonyl (C=O) groups excluding carboxylic acids is 2. The summed E-state index contributed by atoms with van der Waals surface area (Å²) in [6, 6.07) is 9.95. The van der Waals surface area contributed by atoms with E-state index in [1.54, 1.807) is 24.5 Å². The van der Waals surface area contributed by atoms with Crippen LogP contribution in [0, 0.1) is 5.82 Å². The number of halogens is 1. The van der Waals surface area contributed by atoms with Crippen molar-refractivity contribution in [3.8, 4) is 22.4 Å². The number of nitrogens with zero attached hydrogens (tertiary/aromatic N) is 5. The summed E-state index contributed by atoms with van der Waals surface area (Å²) in [5.41, 5.74) is 10.8. The number of hydrogen-bond donors (Lipinski definition) is 2. The highest BCUT2D eigenvalue weighted by Gasteiger charge is 2.44. The number of anilines is 1. The number of Topliss-reactive ketones (excluding diaryl/α,β-unsaturated/α-hetero) is 1. The maximum atomic E-state index is 13.7. The number of ketones is 1. The van der Waals surface area contributed by atoms with E-state index in [1.807, 2.05) is 17.0 Å². The Morgan fingerprint density at radius 1 is 1.11 bits per heavy atom. The normalized spacial score (nSPS) is 20.7. The van der Waals surface area contributed by atoms with Crippen LogP contribution in [0.5, 0.6) is 0 Å². The zero-order valence-electron chi connectivity index (χ0n) is 20.8. The summed E-state index contributed by atoms with van der Waals surface area (Å²) < 4.78 is 15.1. The highest BCUT2D eigenvalue weighted by Crippen LogP contribution is 2.44. The van der Waals surface area contributed by atoms with Gasteiger partial charge in [0.1, 0.15) is 18.2 Å². The van der Waals surface area contributed by atoms with E-state index >= 15 is 0 Å². The van der Waals surface area contributed by atoms with Gasteiger partial charge in [0.2, 0.25) is 5.91 Å². The van der Waals surface area contributed by atoms with Crippen molar-refractivity contribution in [2.75, 3.05) is 12.3 Å². The van der Waals surface area contributed by atoms with Gasteiger partial charge in [-0.25, -0.2) is 9.37 Å². The fourth-order valence-electron chi connectivity index (χ4n) is 6.15. The monoisotopic (exact) mass is 514 g/mol. The molecule has 2 saturated heterocycles. The van der Waals surface area contributed by atoms with Gasteiger partial charge in [-0.05, 0) is 50.8 Å². The van der Waals surface area contributed by atoms with Crippen LogP contribution in [0.4, 0.5) is 10.2 Å². The number of nitrogens with two attached hydrogens (primary N) is 1. The number of aliphatic hydroxyl groups excluding tert-OH is 1. The zero-order valence-corrected chi connectivity index (χ0v) is 20.8. The van der Waals surface area contributed by atoms with Gasteiger partial charge in [-0.2, -0.15) is 9.61 Å². The van der Waals surface area contributed by atoms with Crippen LogP contribution < -0.4 is 5.73 Å². The molecule has 0 radical (unpaired) electrons. The Kier molecular flexibility index (Phi) is 5.91. The Hall–Kier alpha value is -4.18. The van der Waals surface area contributed by atoms with E-state index in [-0.39, 0.29) is 41.3 Å². The lowest BCUT2D eigenvalue weighted by atomic mass is 9.85. The first-order valence-electron chi connectivity index (χ1n) is 12.7. The van der Waals surface area contributed by atoms with Gasteiger partial charge in [-0.1, -0.05) is 18.2 Å². The molecule has 38 heavy (non-hydrogen) atoms. The molecular weight excluding hydrogens is 487 g/mol. The van der Waals surface area contributed by atoms with E-state index in [4.69, 9.17) is 10.7 Å². The molecule has 2 atom stereocenters. The summed E-state index contributed by atoms with van der Waals surface area (Å²) in [4.78, 5) is 36.4. The molecule has 0 saturated carbocycles. The Balaban J connectivity index is 1.40. The van der Waals surface area contributed by atoms with Crippen LogP contribution in [-0.4, -0.2) is 60.0 Å². The van der Waals surface area contributed by atoms with E-state index < -0.39 is 6.61 Å². The number of hydrogen-bond acceptors (Lipinski definition) is 7. The zero-order chi connectivity index (χ0) is 26.6. The number of fused-ring (bicyclic) bond motifs is 3. The Morgan fingerprint density at radius 3 is 2.50 bits per heavy atom. The molecule has 0 aliphatic carbocycles. The van der Waals surface area contributed by atoms with Crippen LogP contribution in [0.1, 0.15) is 54.6 Å². The number of pyridine rings is 1. The predicted molar refractivity (Wildman–Crippen MR) is 139 cm³/mol. The number of nitrogen functional groups attached to an aromatic ring is 1. The maximum Gasteiger partial charge on any atom is 0.248 e. The second kappa shape index (κ2) is 9.29. The molecule has 2 unspecified atom stereocenters. The van der Waals surface area contributed by atoms with Gasteiger partial charge in [0.15, 0.2) is 11.4 Å². The number of aromatic nitrogens is 4. The third-order valence-corrected chi connectivity index (χ3v) is 7.80. The fraction of sp³-hybridized carbons (Fsp3) is 0.321.